The van der Waals surface area contributed by atoms with Crippen LogP contribution < -0.4 is 0 Å². The molecule has 0 fully saturated rings. The number of hydrogen-bond acceptors (Lipinski definition) is 5. The van der Waals surface area contributed by atoms with Crippen LogP contribution in [0.1, 0.15) is 29.1 Å². The highest BCUT2D eigenvalue weighted by Gasteiger charge is 2.12. The highest BCUT2D eigenvalue weighted by atomic mass is 35.5. The fraction of sp³-hybridized carbons (Fsp3) is 0.150. The number of halogens is 2. The number of Topliss-reactive ketones (excluding diaryl/α,β-unsaturated/α-hetero) is 1. The SMILES string of the molecule is O=C(CCC(=O)c1ccc(Cl)cc1)OCc1ncc(-c2ccc(F)cc2)o1. The summed E-state index contributed by atoms with van der Waals surface area (Å²) in [4.78, 5) is 27.8. The van der Waals surface area contributed by atoms with Gasteiger partial charge in [-0.2, -0.15) is 0 Å². The van der Waals surface area contributed by atoms with Crippen LogP contribution in [0.25, 0.3) is 11.3 Å². The molecule has 7 heteroatoms. The van der Waals surface area contributed by atoms with Gasteiger partial charge >= 0.3 is 5.97 Å². The number of aromatic nitrogens is 1. The third-order valence-electron chi connectivity index (χ3n) is 3.76. The van der Waals surface area contributed by atoms with Crippen molar-refractivity contribution in [2.75, 3.05) is 0 Å². The van der Waals surface area contributed by atoms with Gasteiger partial charge in [-0.1, -0.05) is 11.6 Å². The van der Waals surface area contributed by atoms with Gasteiger partial charge in [-0.05, 0) is 48.5 Å². The van der Waals surface area contributed by atoms with E-state index in [1.165, 1.54) is 18.3 Å². The lowest BCUT2D eigenvalue weighted by Gasteiger charge is -2.03. The molecule has 0 atom stereocenters. The largest absolute Gasteiger partial charge is 0.456 e. The van der Waals surface area contributed by atoms with Crippen LogP contribution in [0, 0.1) is 5.82 Å². The van der Waals surface area contributed by atoms with Gasteiger partial charge in [0.15, 0.2) is 18.2 Å². The van der Waals surface area contributed by atoms with Crippen molar-refractivity contribution >= 4 is 23.4 Å². The molecule has 1 heterocycles. The molecule has 0 bridgehead atoms. The van der Waals surface area contributed by atoms with Crippen molar-refractivity contribution in [3.8, 4) is 11.3 Å². The van der Waals surface area contributed by atoms with Crippen LogP contribution in [0.3, 0.4) is 0 Å². The molecule has 0 amide bonds. The van der Waals surface area contributed by atoms with E-state index in [2.05, 4.69) is 4.98 Å². The second kappa shape index (κ2) is 8.60. The highest BCUT2D eigenvalue weighted by Crippen LogP contribution is 2.21. The van der Waals surface area contributed by atoms with E-state index in [1.54, 1.807) is 36.4 Å². The van der Waals surface area contributed by atoms with Crippen LogP contribution in [0.2, 0.25) is 5.02 Å². The van der Waals surface area contributed by atoms with Crippen LogP contribution in [0.4, 0.5) is 4.39 Å². The molecule has 3 rings (SSSR count). The van der Waals surface area contributed by atoms with E-state index in [0.717, 1.165) is 0 Å². The summed E-state index contributed by atoms with van der Waals surface area (Å²) in [6.45, 7) is -0.144. The molecule has 138 valence electrons. The third kappa shape index (κ3) is 5.24. The first-order chi connectivity index (χ1) is 13.0. The third-order valence-corrected chi connectivity index (χ3v) is 4.01. The van der Waals surface area contributed by atoms with Gasteiger partial charge in [0.25, 0.3) is 0 Å². The minimum Gasteiger partial charge on any atom is -0.456 e. The van der Waals surface area contributed by atoms with Crippen LogP contribution in [-0.4, -0.2) is 16.7 Å². The Labute approximate surface area is 159 Å². The lowest BCUT2D eigenvalue weighted by molar-refractivity contribution is -0.145. The average Bonchev–Trinajstić information content (AvgIpc) is 3.14. The molecule has 0 saturated heterocycles. The zero-order chi connectivity index (χ0) is 19.2. The Morgan fingerprint density at radius 2 is 1.74 bits per heavy atom. The molecule has 0 saturated carbocycles. The predicted octanol–water partition coefficient (Wildman–Crippen LogP) is 4.84. The molecule has 0 N–H and O–H groups in total. The number of carbonyl (C=O) groups is 2. The summed E-state index contributed by atoms with van der Waals surface area (Å²) in [5, 5.41) is 0.539. The maximum atomic E-state index is 12.9. The van der Waals surface area contributed by atoms with Gasteiger partial charge in [0.2, 0.25) is 5.89 Å². The number of ketones is 1. The maximum absolute atomic E-state index is 12.9. The number of benzene rings is 2. The Balaban J connectivity index is 1.47. The molecule has 0 radical (unpaired) electrons. The molecule has 1 aromatic heterocycles. The van der Waals surface area contributed by atoms with E-state index in [-0.39, 0.29) is 36.9 Å². The number of oxazole rings is 1. The van der Waals surface area contributed by atoms with Crippen molar-refractivity contribution in [2.24, 2.45) is 0 Å². The van der Waals surface area contributed by atoms with Crippen molar-refractivity contribution in [3.05, 3.63) is 77.0 Å². The lowest BCUT2D eigenvalue weighted by atomic mass is 10.1. The molecule has 2 aromatic carbocycles. The van der Waals surface area contributed by atoms with Gasteiger partial charge in [0.1, 0.15) is 5.82 Å². The Bertz CT molecular complexity index is 935. The van der Waals surface area contributed by atoms with Gasteiger partial charge in [-0.3, -0.25) is 9.59 Å². The first kappa shape index (κ1) is 18.8. The summed E-state index contributed by atoms with van der Waals surface area (Å²) in [6.07, 6.45) is 1.46. The lowest BCUT2D eigenvalue weighted by Crippen LogP contribution is -2.08. The van der Waals surface area contributed by atoms with Crippen molar-refractivity contribution in [2.45, 2.75) is 19.4 Å². The average molecular weight is 388 g/mol. The van der Waals surface area contributed by atoms with Crippen LogP contribution in [0.5, 0.6) is 0 Å². The molecule has 0 aliphatic heterocycles. The molecule has 0 spiro atoms. The van der Waals surface area contributed by atoms with E-state index >= 15 is 0 Å². The van der Waals surface area contributed by atoms with Crippen molar-refractivity contribution in [1.82, 2.24) is 4.98 Å². The number of esters is 1. The number of hydrogen-bond donors (Lipinski definition) is 0. The second-order valence-corrected chi connectivity index (χ2v) is 6.15. The fourth-order valence-corrected chi connectivity index (χ4v) is 2.46. The standard InChI is InChI=1S/C20H15ClFNO4/c21-15-5-1-13(2-6-15)17(24)9-10-20(25)26-12-19-23-11-18(27-19)14-3-7-16(22)8-4-14/h1-8,11H,9-10,12H2. The Hall–Kier alpha value is -2.99. The first-order valence-corrected chi connectivity index (χ1v) is 8.54. The minimum atomic E-state index is -0.529. The van der Waals surface area contributed by atoms with Gasteiger partial charge in [0.05, 0.1) is 12.6 Å². The first-order valence-electron chi connectivity index (χ1n) is 8.16. The molecule has 3 aromatic rings. The van der Waals surface area contributed by atoms with Crippen molar-refractivity contribution < 1.29 is 23.1 Å². The zero-order valence-electron chi connectivity index (χ0n) is 14.2. The summed E-state index contributed by atoms with van der Waals surface area (Å²) in [5.74, 6) is -0.386. The predicted molar refractivity (Wildman–Crippen MR) is 96.7 cm³/mol. The van der Waals surface area contributed by atoms with E-state index < -0.39 is 5.97 Å². The summed E-state index contributed by atoms with van der Waals surface area (Å²) < 4.78 is 23.5. The number of nitrogens with zero attached hydrogens (tertiary/aromatic N) is 1. The van der Waals surface area contributed by atoms with Gasteiger partial charge in [-0.15, -0.1) is 0 Å². The molecule has 5 nitrogen and oxygen atoms in total. The highest BCUT2D eigenvalue weighted by molar-refractivity contribution is 6.30. The van der Waals surface area contributed by atoms with E-state index in [1.807, 2.05) is 0 Å². The normalized spacial score (nSPS) is 10.6. The zero-order valence-corrected chi connectivity index (χ0v) is 14.9. The number of ether oxygens (including phenoxy) is 1. The molecular formula is C20H15ClFNO4. The summed E-state index contributed by atoms with van der Waals surface area (Å²) in [7, 11) is 0. The Kier molecular flexibility index (Phi) is 5.98. The quantitative estimate of drug-likeness (QED) is 0.428. The van der Waals surface area contributed by atoms with Crippen molar-refractivity contribution in [1.29, 1.82) is 0 Å². The number of carbonyl (C=O) groups excluding carboxylic acids is 2. The van der Waals surface area contributed by atoms with E-state index in [0.29, 0.717) is 21.9 Å². The van der Waals surface area contributed by atoms with Gasteiger partial charge < -0.3 is 9.15 Å². The summed E-state index contributed by atoms with van der Waals surface area (Å²) >= 11 is 5.77. The minimum absolute atomic E-state index is 0.0346. The summed E-state index contributed by atoms with van der Waals surface area (Å²) in [5.41, 5.74) is 1.15. The molecule has 0 unspecified atom stereocenters. The Morgan fingerprint density at radius 3 is 2.44 bits per heavy atom. The number of rotatable bonds is 7. The van der Waals surface area contributed by atoms with Crippen LogP contribution in [0.15, 0.2) is 59.1 Å². The maximum Gasteiger partial charge on any atom is 0.306 e. The second-order valence-electron chi connectivity index (χ2n) is 5.72. The van der Waals surface area contributed by atoms with E-state index in [4.69, 9.17) is 20.8 Å². The monoisotopic (exact) mass is 387 g/mol. The van der Waals surface area contributed by atoms with Crippen LogP contribution >= 0.6 is 11.6 Å². The topological polar surface area (TPSA) is 69.4 Å². The molecular weight excluding hydrogens is 373 g/mol. The van der Waals surface area contributed by atoms with E-state index in [9.17, 15) is 14.0 Å². The van der Waals surface area contributed by atoms with Gasteiger partial charge in [0, 0.05) is 22.6 Å². The molecule has 0 aliphatic carbocycles. The van der Waals surface area contributed by atoms with Crippen LogP contribution in [-0.2, 0) is 16.1 Å². The summed E-state index contributed by atoms with van der Waals surface area (Å²) in [6, 6.07) is 12.2. The molecule has 27 heavy (non-hydrogen) atoms. The fourth-order valence-electron chi connectivity index (χ4n) is 2.33. The Morgan fingerprint density at radius 1 is 1.04 bits per heavy atom. The smallest absolute Gasteiger partial charge is 0.306 e. The van der Waals surface area contributed by atoms with Gasteiger partial charge in [-0.25, -0.2) is 9.37 Å². The van der Waals surface area contributed by atoms with Crippen molar-refractivity contribution in [3.63, 3.8) is 0 Å². The molecule has 0 aliphatic rings.